The summed E-state index contributed by atoms with van der Waals surface area (Å²) >= 11 is 0. The minimum Gasteiger partial charge on any atom is -0.465 e. The van der Waals surface area contributed by atoms with Gasteiger partial charge in [-0.3, -0.25) is 0 Å². The molecule has 0 aliphatic heterocycles. The molecule has 1 rings (SSSR count). The van der Waals surface area contributed by atoms with E-state index in [-0.39, 0.29) is 22.5 Å². The van der Waals surface area contributed by atoms with Gasteiger partial charge in [-0.15, -0.1) is 0 Å². The molecular weight excluding hydrogens is 182 g/mol. The Bertz CT molecular complexity index is 421. The Kier molecular flexibility index (Phi) is 2.58. The molecule has 1 aromatic rings. The van der Waals surface area contributed by atoms with Crippen LogP contribution in [0.3, 0.4) is 0 Å². The SMILES string of the molecule is COC(=O)c1cc(N)c(C#N)cc1N. The average Bonchev–Trinajstić information content (AvgIpc) is 2.19. The number of hydrogen-bond acceptors (Lipinski definition) is 5. The van der Waals surface area contributed by atoms with Gasteiger partial charge in [-0.05, 0) is 12.1 Å². The fraction of sp³-hybridized carbons (Fsp3) is 0.111. The molecule has 0 aromatic heterocycles. The maximum Gasteiger partial charge on any atom is 0.340 e. The van der Waals surface area contributed by atoms with Crippen molar-refractivity contribution in [2.45, 2.75) is 0 Å². The van der Waals surface area contributed by atoms with Crippen molar-refractivity contribution in [2.75, 3.05) is 18.6 Å². The van der Waals surface area contributed by atoms with Gasteiger partial charge in [-0.25, -0.2) is 4.79 Å². The zero-order valence-corrected chi connectivity index (χ0v) is 7.57. The summed E-state index contributed by atoms with van der Waals surface area (Å²) in [7, 11) is 1.25. The summed E-state index contributed by atoms with van der Waals surface area (Å²) in [6.07, 6.45) is 0. The lowest BCUT2D eigenvalue weighted by Gasteiger charge is -2.05. The molecule has 0 radical (unpaired) electrons. The number of nitrogens with zero attached hydrogens (tertiary/aromatic N) is 1. The van der Waals surface area contributed by atoms with Crippen molar-refractivity contribution in [3.05, 3.63) is 23.3 Å². The van der Waals surface area contributed by atoms with Crippen molar-refractivity contribution < 1.29 is 9.53 Å². The van der Waals surface area contributed by atoms with Gasteiger partial charge in [0.25, 0.3) is 0 Å². The van der Waals surface area contributed by atoms with Crippen LogP contribution in [0.4, 0.5) is 11.4 Å². The summed E-state index contributed by atoms with van der Waals surface area (Å²) in [6.45, 7) is 0. The Morgan fingerprint density at radius 1 is 1.43 bits per heavy atom. The van der Waals surface area contributed by atoms with Crippen molar-refractivity contribution in [3.8, 4) is 6.07 Å². The number of benzene rings is 1. The lowest BCUT2D eigenvalue weighted by atomic mass is 10.1. The number of ether oxygens (including phenoxy) is 1. The second kappa shape index (κ2) is 3.66. The third kappa shape index (κ3) is 1.59. The van der Waals surface area contributed by atoms with Gasteiger partial charge in [-0.1, -0.05) is 0 Å². The van der Waals surface area contributed by atoms with E-state index in [1.54, 1.807) is 0 Å². The van der Waals surface area contributed by atoms with Gasteiger partial charge in [0.15, 0.2) is 0 Å². The van der Waals surface area contributed by atoms with Gasteiger partial charge in [0.1, 0.15) is 6.07 Å². The number of esters is 1. The van der Waals surface area contributed by atoms with E-state index in [4.69, 9.17) is 16.7 Å². The highest BCUT2D eigenvalue weighted by molar-refractivity contribution is 5.96. The maximum atomic E-state index is 11.1. The van der Waals surface area contributed by atoms with E-state index >= 15 is 0 Å². The smallest absolute Gasteiger partial charge is 0.340 e. The highest BCUT2D eigenvalue weighted by Gasteiger charge is 2.12. The van der Waals surface area contributed by atoms with Crippen molar-refractivity contribution >= 4 is 17.3 Å². The number of hydrogen-bond donors (Lipinski definition) is 2. The molecule has 14 heavy (non-hydrogen) atoms. The highest BCUT2D eigenvalue weighted by atomic mass is 16.5. The zero-order valence-electron chi connectivity index (χ0n) is 7.57. The van der Waals surface area contributed by atoms with Gasteiger partial charge in [-0.2, -0.15) is 5.26 Å². The van der Waals surface area contributed by atoms with Crippen molar-refractivity contribution in [1.29, 1.82) is 5.26 Å². The van der Waals surface area contributed by atoms with Crippen LogP contribution in [0.5, 0.6) is 0 Å². The molecule has 0 saturated heterocycles. The molecule has 5 nitrogen and oxygen atoms in total. The molecule has 0 fully saturated rings. The highest BCUT2D eigenvalue weighted by Crippen LogP contribution is 2.20. The molecule has 0 unspecified atom stereocenters. The van der Waals surface area contributed by atoms with Crippen LogP contribution in [0.1, 0.15) is 15.9 Å². The Balaban J connectivity index is 3.30. The van der Waals surface area contributed by atoms with Crippen molar-refractivity contribution in [3.63, 3.8) is 0 Å². The van der Waals surface area contributed by atoms with E-state index in [0.29, 0.717) is 0 Å². The maximum absolute atomic E-state index is 11.1. The molecule has 0 atom stereocenters. The summed E-state index contributed by atoms with van der Waals surface area (Å²) in [6, 6.07) is 4.54. The van der Waals surface area contributed by atoms with Crippen LogP contribution in [0.25, 0.3) is 0 Å². The first-order valence-electron chi connectivity index (χ1n) is 3.77. The summed E-state index contributed by atoms with van der Waals surface area (Å²) in [4.78, 5) is 11.1. The monoisotopic (exact) mass is 191 g/mol. The summed E-state index contributed by atoms with van der Waals surface area (Å²) in [5, 5.41) is 8.63. The van der Waals surface area contributed by atoms with Crippen LogP contribution in [0.2, 0.25) is 0 Å². The molecule has 0 bridgehead atoms. The first-order chi connectivity index (χ1) is 6.60. The standard InChI is InChI=1S/C9H9N3O2/c1-14-9(13)6-3-7(11)5(4-10)2-8(6)12/h2-3H,11-12H2,1H3. The van der Waals surface area contributed by atoms with E-state index in [9.17, 15) is 4.79 Å². The molecular formula is C9H9N3O2. The summed E-state index contributed by atoms with van der Waals surface area (Å²) in [5.74, 6) is -0.571. The number of nitrogens with two attached hydrogens (primary N) is 2. The molecule has 72 valence electrons. The van der Waals surface area contributed by atoms with Gasteiger partial charge >= 0.3 is 5.97 Å². The number of nitrogen functional groups attached to an aromatic ring is 2. The predicted octanol–water partition coefficient (Wildman–Crippen LogP) is 0.509. The molecule has 0 amide bonds. The first kappa shape index (κ1) is 9.86. The molecule has 0 aliphatic carbocycles. The van der Waals surface area contributed by atoms with Crippen LogP contribution in [0, 0.1) is 11.3 Å². The third-order valence-corrected chi connectivity index (χ3v) is 1.75. The Labute approximate surface area is 80.9 Å². The zero-order chi connectivity index (χ0) is 10.7. The topological polar surface area (TPSA) is 102 Å². The molecule has 0 aliphatic rings. The summed E-state index contributed by atoms with van der Waals surface area (Å²) in [5.41, 5.74) is 11.9. The fourth-order valence-corrected chi connectivity index (χ4v) is 1.02. The van der Waals surface area contributed by atoms with Gasteiger partial charge in [0.2, 0.25) is 0 Å². The van der Waals surface area contributed by atoms with Crippen LogP contribution in [0.15, 0.2) is 12.1 Å². The van der Waals surface area contributed by atoms with Crippen LogP contribution < -0.4 is 11.5 Å². The minimum atomic E-state index is -0.571. The quantitative estimate of drug-likeness (QED) is 0.497. The van der Waals surface area contributed by atoms with Crippen LogP contribution in [-0.4, -0.2) is 13.1 Å². The fourth-order valence-electron chi connectivity index (χ4n) is 1.02. The number of carbonyl (C=O) groups is 1. The van der Waals surface area contributed by atoms with Gasteiger partial charge < -0.3 is 16.2 Å². The largest absolute Gasteiger partial charge is 0.465 e. The van der Waals surface area contributed by atoms with E-state index in [2.05, 4.69) is 4.74 Å². The number of nitriles is 1. The second-order valence-electron chi connectivity index (χ2n) is 2.63. The number of methoxy groups -OCH3 is 1. The molecule has 0 saturated carbocycles. The molecule has 4 N–H and O–H groups in total. The average molecular weight is 191 g/mol. The van der Waals surface area contributed by atoms with Crippen molar-refractivity contribution in [2.24, 2.45) is 0 Å². The Morgan fingerprint density at radius 3 is 2.57 bits per heavy atom. The Hall–Kier alpha value is -2.22. The number of anilines is 2. The lowest BCUT2D eigenvalue weighted by Crippen LogP contribution is -2.07. The van der Waals surface area contributed by atoms with Crippen LogP contribution >= 0.6 is 0 Å². The summed E-state index contributed by atoms with van der Waals surface area (Å²) < 4.78 is 4.49. The molecule has 0 spiro atoms. The lowest BCUT2D eigenvalue weighted by molar-refractivity contribution is 0.0602. The van der Waals surface area contributed by atoms with E-state index in [0.717, 1.165) is 0 Å². The number of rotatable bonds is 1. The van der Waals surface area contributed by atoms with Crippen molar-refractivity contribution in [1.82, 2.24) is 0 Å². The van der Waals surface area contributed by atoms with Gasteiger partial charge in [0.05, 0.1) is 23.9 Å². The third-order valence-electron chi connectivity index (χ3n) is 1.75. The van der Waals surface area contributed by atoms with E-state index in [1.165, 1.54) is 19.2 Å². The van der Waals surface area contributed by atoms with Crippen LogP contribution in [-0.2, 0) is 4.74 Å². The number of carbonyl (C=O) groups excluding carboxylic acids is 1. The normalized spacial score (nSPS) is 9.14. The molecule has 0 heterocycles. The first-order valence-corrected chi connectivity index (χ1v) is 3.77. The molecule has 1 aromatic carbocycles. The second-order valence-corrected chi connectivity index (χ2v) is 2.63. The van der Waals surface area contributed by atoms with E-state index in [1.807, 2.05) is 6.07 Å². The minimum absolute atomic E-state index is 0.170. The Morgan fingerprint density at radius 2 is 2.07 bits per heavy atom. The van der Waals surface area contributed by atoms with Gasteiger partial charge in [0, 0.05) is 5.69 Å². The van der Waals surface area contributed by atoms with E-state index < -0.39 is 5.97 Å². The predicted molar refractivity (Wildman–Crippen MR) is 51.3 cm³/mol. The molecule has 5 heteroatoms.